The maximum atomic E-state index is 5.86. The van der Waals surface area contributed by atoms with Gasteiger partial charge in [-0.05, 0) is 23.8 Å². The Labute approximate surface area is 182 Å². The molecular formula is C23H28N4O4. The van der Waals surface area contributed by atoms with Gasteiger partial charge in [0.25, 0.3) is 0 Å². The predicted octanol–water partition coefficient (Wildman–Crippen LogP) is 2.98. The highest BCUT2D eigenvalue weighted by Crippen LogP contribution is 2.38. The molecule has 0 atom stereocenters. The van der Waals surface area contributed by atoms with Crippen LogP contribution in [-0.2, 0) is 33.2 Å². The summed E-state index contributed by atoms with van der Waals surface area (Å²) in [5.41, 5.74) is 4.56. The highest BCUT2D eigenvalue weighted by molar-refractivity contribution is 5.53. The molecule has 164 valence electrons. The van der Waals surface area contributed by atoms with Crippen molar-refractivity contribution < 1.29 is 18.9 Å². The van der Waals surface area contributed by atoms with Crippen LogP contribution in [0.2, 0.25) is 0 Å². The number of aryl methyl sites for hydroxylation is 1. The van der Waals surface area contributed by atoms with Gasteiger partial charge in [0.05, 0.1) is 21.3 Å². The molecule has 4 rings (SSSR count). The van der Waals surface area contributed by atoms with Crippen molar-refractivity contribution >= 4 is 0 Å². The van der Waals surface area contributed by atoms with Gasteiger partial charge in [0.15, 0.2) is 11.5 Å². The molecule has 0 aliphatic carbocycles. The van der Waals surface area contributed by atoms with Crippen molar-refractivity contribution in [1.29, 1.82) is 0 Å². The number of hydrogen-bond acceptors (Lipinski definition) is 7. The Bertz CT molecular complexity index is 1010. The summed E-state index contributed by atoms with van der Waals surface area (Å²) in [6.45, 7) is 2.92. The average Bonchev–Trinajstić information content (AvgIpc) is 3.12. The topological polar surface area (TPSA) is 70.9 Å². The van der Waals surface area contributed by atoms with Crippen LogP contribution in [-0.4, -0.2) is 47.5 Å². The molecule has 0 radical (unpaired) electrons. The lowest BCUT2D eigenvalue weighted by Gasteiger charge is -2.28. The summed E-state index contributed by atoms with van der Waals surface area (Å²) < 4.78 is 24.3. The molecule has 2 aromatic heterocycles. The van der Waals surface area contributed by atoms with E-state index < -0.39 is 0 Å². The molecule has 3 aromatic rings. The zero-order valence-corrected chi connectivity index (χ0v) is 18.4. The molecule has 1 aromatic carbocycles. The van der Waals surface area contributed by atoms with Crippen LogP contribution in [0.5, 0.6) is 23.1 Å². The fourth-order valence-electron chi connectivity index (χ4n) is 4.04. The molecule has 0 amide bonds. The molecule has 31 heavy (non-hydrogen) atoms. The first kappa shape index (κ1) is 21.0. The number of ether oxygens (including phenoxy) is 4. The van der Waals surface area contributed by atoms with Gasteiger partial charge in [-0.1, -0.05) is 6.07 Å². The van der Waals surface area contributed by atoms with E-state index in [1.807, 2.05) is 42.1 Å². The minimum absolute atomic E-state index is 0.401. The van der Waals surface area contributed by atoms with Crippen LogP contribution in [0.1, 0.15) is 22.5 Å². The monoisotopic (exact) mass is 424 g/mol. The summed E-state index contributed by atoms with van der Waals surface area (Å²) in [5, 5.41) is 4.71. The third-order valence-electron chi connectivity index (χ3n) is 5.53. The van der Waals surface area contributed by atoms with Gasteiger partial charge < -0.3 is 18.9 Å². The summed E-state index contributed by atoms with van der Waals surface area (Å²) >= 11 is 0. The average molecular weight is 425 g/mol. The molecule has 0 saturated heterocycles. The molecule has 0 saturated carbocycles. The summed E-state index contributed by atoms with van der Waals surface area (Å²) in [6, 6.07) is 9.65. The quantitative estimate of drug-likeness (QED) is 0.551. The van der Waals surface area contributed by atoms with Crippen LogP contribution in [0.25, 0.3) is 0 Å². The number of fused-ring (bicyclic) bond motifs is 1. The van der Waals surface area contributed by atoms with Gasteiger partial charge in [-0.15, -0.1) is 0 Å². The molecule has 1 aliphatic heterocycles. The number of hydrogen-bond donors (Lipinski definition) is 0. The van der Waals surface area contributed by atoms with E-state index in [1.54, 1.807) is 27.5 Å². The Hall–Kier alpha value is -3.26. The highest BCUT2D eigenvalue weighted by Gasteiger charge is 2.25. The molecule has 8 nitrogen and oxygen atoms in total. The molecule has 0 spiro atoms. The first-order valence-corrected chi connectivity index (χ1v) is 10.2. The van der Waals surface area contributed by atoms with Gasteiger partial charge in [0.1, 0.15) is 12.3 Å². The van der Waals surface area contributed by atoms with E-state index in [9.17, 15) is 0 Å². The minimum Gasteiger partial charge on any atom is -0.493 e. The Morgan fingerprint density at radius 3 is 2.45 bits per heavy atom. The van der Waals surface area contributed by atoms with E-state index in [1.165, 1.54) is 11.3 Å². The smallest absolute Gasteiger partial charge is 0.213 e. The Kier molecular flexibility index (Phi) is 6.27. The maximum Gasteiger partial charge on any atom is 0.213 e. The zero-order valence-electron chi connectivity index (χ0n) is 18.4. The summed E-state index contributed by atoms with van der Waals surface area (Å²) in [6.07, 6.45) is 2.66. The Balaban J connectivity index is 1.51. The van der Waals surface area contributed by atoms with Crippen LogP contribution in [0.3, 0.4) is 0 Å². The van der Waals surface area contributed by atoms with Crippen molar-refractivity contribution in [2.75, 3.05) is 27.9 Å². The molecule has 0 unspecified atom stereocenters. The predicted molar refractivity (Wildman–Crippen MR) is 116 cm³/mol. The SMILES string of the molecule is COc1cc(CN2CCc3c(c(COc4ccccn4)nn3C)C2)cc(OC)c1OC. The van der Waals surface area contributed by atoms with Gasteiger partial charge in [-0.3, -0.25) is 9.58 Å². The van der Waals surface area contributed by atoms with Crippen molar-refractivity contribution in [3.63, 3.8) is 0 Å². The van der Waals surface area contributed by atoms with Crippen LogP contribution in [0.15, 0.2) is 36.5 Å². The van der Waals surface area contributed by atoms with Crippen LogP contribution < -0.4 is 18.9 Å². The number of rotatable bonds is 8. The first-order valence-electron chi connectivity index (χ1n) is 10.2. The number of methoxy groups -OCH3 is 3. The van der Waals surface area contributed by atoms with Gasteiger partial charge >= 0.3 is 0 Å². The lowest BCUT2D eigenvalue weighted by molar-refractivity contribution is 0.237. The van der Waals surface area contributed by atoms with Crippen LogP contribution >= 0.6 is 0 Å². The van der Waals surface area contributed by atoms with Gasteiger partial charge in [-0.25, -0.2) is 4.98 Å². The van der Waals surface area contributed by atoms with E-state index >= 15 is 0 Å². The largest absolute Gasteiger partial charge is 0.493 e. The molecule has 0 N–H and O–H groups in total. The normalized spacial score (nSPS) is 13.5. The first-order chi connectivity index (χ1) is 15.1. The maximum absolute atomic E-state index is 5.86. The third kappa shape index (κ3) is 4.44. The minimum atomic E-state index is 0.401. The fourth-order valence-corrected chi connectivity index (χ4v) is 4.04. The van der Waals surface area contributed by atoms with Crippen LogP contribution in [0.4, 0.5) is 0 Å². The lowest BCUT2D eigenvalue weighted by Crippen LogP contribution is -2.31. The zero-order chi connectivity index (χ0) is 21.8. The van der Waals surface area contributed by atoms with Crippen molar-refractivity contribution in [3.05, 3.63) is 59.0 Å². The van der Waals surface area contributed by atoms with Gasteiger partial charge in [-0.2, -0.15) is 5.10 Å². The number of pyridine rings is 1. The van der Waals surface area contributed by atoms with Crippen molar-refractivity contribution in [2.24, 2.45) is 7.05 Å². The third-order valence-corrected chi connectivity index (χ3v) is 5.53. The van der Waals surface area contributed by atoms with E-state index in [0.717, 1.165) is 37.3 Å². The molecule has 8 heteroatoms. The number of nitrogens with zero attached hydrogens (tertiary/aromatic N) is 4. The molecule has 3 heterocycles. The van der Waals surface area contributed by atoms with E-state index in [-0.39, 0.29) is 0 Å². The second-order valence-electron chi connectivity index (χ2n) is 7.45. The van der Waals surface area contributed by atoms with Gasteiger partial charge in [0.2, 0.25) is 11.6 Å². The second-order valence-corrected chi connectivity index (χ2v) is 7.45. The summed E-state index contributed by atoms with van der Waals surface area (Å²) in [4.78, 5) is 6.63. The van der Waals surface area contributed by atoms with Crippen molar-refractivity contribution in [2.45, 2.75) is 26.1 Å². The molecular weight excluding hydrogens is 396 g/mol. The van der Waals surface area contributed by atoms with Crippen LogP contribution in [0, 0.1) is 0 Å². The molecule has 0 fully saturated rings. The Morgan fingerprint density at radius 1 is 1.03 bits per heavy atom. The number of aromatic nitrogens is 3. The van der Waals surface area contributed by atoms with Crippen molar-refractivity contribution in [1.82, 2.24) is 19.7 Å². The van der Waals surface area contributed by atoms with E-state index in [2.05, 4.69) is 9.88 Å². The summed E-state index contributed by atoms with van der Waals surface area (Å²) in [5.74, 6) is 2.55. The highest BCUT2D eigenvalue weighted by atomic mass is 16.5. The molecule has 0 bridgehead atoms. The Morgan fingerprint density at radius 2 is 1.81 bits per heavy atom. The van der Waals surface area contributed by atoms with E-state index in [4.69, 9.17) is 24.0 Å². The second kappa shape index (κ2) is 9.26. The standard InChI is InChI=1S/C23H28N4O4/c1-26-19-8-10-27(13-16-11-20(28-2)23(30-4)21(12-16)29-3)14-17(19)18(25-26)15-31-22-7-5-6-9-24-22/h5-7,9,11-12H,8,10,13-15H2,1-4H3. The van der Waals surface area contributed by atoms with E-state index in [0.29, 0.717) is 29.7 Å². The summed E-state index contributed by atoms with van der Waals surface area (Å²) in [7, 11) is 6.89. The van der Waals surface area contributed by atoms with Gasteiger partial charge in [0, 0.05) is 56.6 Å². The lowest BCUT2D eigenvalue weighted by atomic mass is 10.0. The number of benzene rings is 1. The molecule has 1 aliphatic rings. The fraction of sp³-hybridized carbons (Fsp3) is 0.391. The van der Waals surface area contributed by atoms with Crippen molar-refractivity contribution in [3.8, 4) is 23.1 Å².